The van der Waals surface area contributed by atoms with E-state index in [-0.39, 0.29) is 11.9 Å². The molecule has 6 rings (SSSR count). The number of aliphatic hydroxyl groups is 1. The smallest absolute Gasteiger partial charge is 0.223 e. The summed E-state index contributed by atoms with van der Waals surface area (Å²) in [5, 5.41) is 12.2. The van der Waals surface area contributed by atoms with Crippen molar-refractivity contribution in [3.63, 3.8) is 0 Å². The number of fused-ring (bicyclic) bond motifs is 2. The van der Waals surface area contributed by atoms with Gasteiger partial charge >= 0.3 is 0 Å². The number of hydrogen-bond donors (Lipinski definition) is 1. The van der Waals surface area contributed by atoms with Crippen LogP contribution in [0.15, 0.2) is 61.1 Å². The van der Waals surface area contributed by atoms with Crippen LogP contribution >= 0.6 is 23.2 Å². The first kappa shape index (κ1) is 22.8. The predicted molar refractivity (Wildman–Crippen MR) is 140 cm³/mol. The van der Waals surface area contributed by atoms with Crippen LogP contribution in [0, 0.1) is 0 Å². The first-order valence-corrected chi connectivity index (χ1v) is 12.1. The highest BCUT2D eigenvalue weighted by Gasteiger charge is 2.24. The lowest BCUT2D eigenvalue weighted by molar-refractivity contribution is 0.171. The van der Waals surface area contributed by atoms with E-state index in [9.17, 15) is 5.11 Å². The molecule has 3 aromatic carbocycles. The van der Waals surface area contributed by atoms with Crippen LogP contribution in [-0.2, 0) is 13.7 Å². The minimum absolute atomic E-state index is 0.110. The number of ether oxygens (including phenoxy) is 2. The Labute approximate surface area is 216 Å². The fourth-order valence-electron chi connectivity index (χ4n) is 4.67. The van der Waals surface area contributed by atoms with Crippen LogP contribution in [0.3, 0.4) is 0 Å². The molecular formula is C27H20Cl2N4O3. The third kappa shape index (κ3) is 3.86. The molecule has 0 fully saturated rings. The van der Waals surface area contributed by atoms with Gasteiger partial charge in [-0.05, 0) is 58.6 Å². The van der Waals surface area contributed by atoms with Crippen molar-refractivity contribution in [2.24, 2.45) is 7.05 Å². The Morgan fingerprint density at radius 2 is 1.81 bits per heavy atom. The summed E-state index contributed by atoms with van der Waals surface area (Å²) >= 11 is 12.7. The molecule has 0 amide bonds. The number of aliphatic hydroxyl groups excluding tert-OH is 1. The molecule has 0 saturated heterocycles. The topological polar surface area (TPSA) is 82.3 Å². The van der Waals surface area contributed by atoms with Crippen molar-refractivity contribution in [2.75, 3.05) is 13.2 Å². The molecule has 7 nitrogen and oxygen atoms in total. The number of aromatic nitrogens is 4. The van der Waals surface area contributed by atoms with Gasteiger partial charge in [-0.3, -0.25) is 0 Å². The zero-order valence-corrected chi connectivity index (χ0v) is 20.7. The van der Waals surface area contributed by atoms with Gasteiger partial charge in [0, 0.05) is 28.6 Å². The third-order valence-electron chi connectivity index (χ3n) is 6.25. The second kappa shape index (κ2) is 9.09. The second-order valence-electron chi connectivity index (χ2n) is 8.43. The highest BCUT2D eigenvalue weighted by molar-refractivity contribution is 6.31. The molecule has 3 heterocycles. The average molecular weight is 519 g/mol. The quantitative estimate of drug-likeness (QED) is 0.296. The molecule has 0 unspecified atom stereocenters. The Hall–Kier alpha value is -3.65. The van der Waals surface area contributed by atoms with Crippen molar-refractivity contribution in [3.8, 4) is 45.1 Å². The minimum Gasteiger partial charge on any atom is -0.486 e. The molecule has 0 radical (unpaired) electrons. The number of rotatable bonds is 4. The number of imidazole rings is 1. The summed E-state index contributed by atoms with van der Waals surface area (Å²) in [6, 6.07) is 15.1. The van der Waals surface area contributed by atoms with Crippen molar-refractivity contribution in [1.82, 2.24) is 19.5 Å². The fourth-order valence-corrected chi connectivity index (χ4v) is 5.03. The second-order valence-corrected chi connectivity index (χ2v) is 9.20. The van der Waals surface area contributed by atoms with E-state index in [0.717, 1.165) is 33.3 Å². The molecule has 180 valence electrons. The van der Waals surface area contributed by atoms with Gasteiger partial charge in [0.25, 0.3) is 0 Å². The van der Waals surface area contributed by atoms with Crippen molar-refractivity contribution >= 4 is 34.1 Å². The maximum atomic E-state index is 10.7. The van der Waals surface area contributed by atoms with Gasteiger partial charge in [-0.15, -0.1) is 0 Å². The fraction of sp³-hybridized carbons (Fsp3) is 0.148. The van der Waals surface area contributed by atoms with E-state index in [1.165, 1.54) is 0 Å². The molecular weight excluding hydrogens is 499 g/mol. The van der Waals surface area contributed by atoms with Gasteiger partial charge < -0.3 is 19.1 Å². The van der Waals surface area contributed by atoms with Crippen molar-refractivity contribution < 1.29 is 14.6 Å². The van der Waals surface area contributed by atoms with Crippen molar-refractivity contribution in [1.29, 1.82) is 0 Å². The molecule has 0 atom stereocenters. The summed E-state index contributed by atoms with van der Waals surface area (Å²) in [6.07, 6.45) is 3.48. The molecule has 36 heavy (non-hydrogen) atoms. The van der Waals surface area contributed by atoms with Crippen LogP contribution in [0.25, 0.3) is 44.5 Å². The molecule has 2 aromatic heterocycles. The van der Waals surface area contributed by atoms with Crippen molar-refractivity contribution in [3.05, 3.63) is 76.9 Å². The van der Waals surface area contributed by atoms with Gasteiger partial charge in [0.05, 0.1) is 36.0 Å². The number of aryl methyl sites for hydroxylation is 1. The zero-order chi connectivity index (χ0) is 24.8. The lowest BCUT2D eigenvalue weighted by Crippen LogP contribution is -2.15. The van der Waals surface area contributed by atoms with Gasteiger partial charge in [0.15, 0.2) is 11.5 Å². The molecule has 1 aliphatic heterocycles. The SMILES string of the molecule is Cn1cncc1-c1c(CO)c(-c2ccc3c(c2)OCCO3)cc2nc(Cl)nc(-c3cccc(Cl)c3)c12. The van der Waals surface area contributed by atoms with E-state index in [4.69, 9.17) is 32.7 Å². The molecule has 0 saturated carbocycles. The average Bonchev–Trinajstić information content (AvgIpc) is 3.32. The predicted octanol–water partition coefficient (Wildman–Crippen LogP) is 5.93. The largest absolute Gasteiger partial charge is 0.486 e. The van der Waals surface area contributed by atoms with E-state index >= 15 is 0 Å². The van der Waals surface area contributed by atoms with Gasteiger partial charge in [-0.1, -0.05) is 29.8 Å². The van der Waals surface area contributed by atoms with Crippen LogP contribution in [-0.4, -0.2) is 37.8 Å². The summed E-state index contributed by atoms with van der Waals surface area (Å²) in [6.45, 7) is 0.765. The maximum absolute atomic E-state index is 10.7. The van der Waals surface area contributed by atoms with E-state index in [1.807, 2.05) is 54.1 Å². The summed E-state index contributed by atoms with van der Waals surface area (Å²) in [4.78, 5) is 13.5. The van der Waals surface area contributed by atoms with Crippen LogP contribution in [0.2, 0.25) is 10.3 Å². The van der Waals surface area contributed by atoms with Crippen LogP contribution in [0.5, 0.6) is 11.5 Å². The van der Waals surface area contributed by atoms with E-state index in [0.29, 0.717) is 46.5 Å². The summed E-state index contributed by atoms with van der Waals surface area (Å²) in [5.74, 6) is 1.35. The number of benzene rings is 3. The number of hydrogen-bond acceptors (Lipinski definition) is 6. The zero-order valence-electron chi connectivity index (χ0n) is 19.2. The number of nitrogens with zero attached hydrogens (tertiary/aromatic N) is 4. The van der Waals surface area contributed by atoms with E-state index < -0.39 is 0 Å². The Kier molecular flexibility index (Phi) is 5.76. The van der Waals surface area contributed by atoms with Gasteiger partial charge in [0.2, 0.25) is 5.28 Å². The molecule has 9 heteroatoms. The normalized spacial score (nSPS) is 12.8. The Morgan fingerprint density at radius 3 is 2.56 bits per heavy atom. The molecule has 5 aromatic rings. The maximum Gasteiger partial charge on any atom is 0.223 e. The summed E-state index contributed by atoms with van der Waals surface area (Å²) in [5.41, 5.74) is 5.96. The molecule has 0 spiro atoms. The molecule has 0 bridgehead atoms. The first-order chi connectivity index (χ1) is 17.5. The van der Waals surface area contributed by atoms with E-state index in [1.54, 1.807) is 18.6 Å². The van der Waals surface area contributed by atoms with Gasteiger partial charge in [0.1, 0.15) is 13.2 Å². The van der Waals surface area contributed by atoms with Crippen LogP contribution in [0.4, 0.5) is 0 Å². The molecule has 1 aliphatic rings. The molecule has 1 N–H and O–H groups in total. The van der Waals surface area contributed by atoms with Crippen LogP contribution in [0.1, 0.15) is 5.56 Å². The Balaban J connectivity index is 1.73. The monoisotopic (exact) mass is 518 g/mol. The standard InChI is InChI=1S/C27H20Cl2N4O3/c1-33-14-30-12-21(33)24-19(13-34)18(15-5-6-22-23(10-15)36-8-7-35-22)11-20-25(24)26(32-27(29)31-20)16-3-2-4-17(28)9-16/h2-6,9-12,14,34H,7-8,13H2,1H3. The lowest BCUT2D eigenvalue weighted by Gasteiger charge is -2.21. The van der Waals surface area contributed by atoms with Crippen LogP contribution < -0.4 is 9.47 Å². The van der Waals surface area contributed by atoms with Crippen molar-refractivity contribution in [2.45, 2.75) is 6.61 Å². The highest BCUT2D eigenvalue weighted by atomic mass is 35.5. The first-order valence-electron chi connectivity index (χ1n) is 11.3. The summed E-state index contributed by atoms with van der Waals surface area (Å²) < 4.78 is 13.4. The Bertz CT molecular complexity index is 1630. The minimum atomic E-state index is -0.224. The Morgan fingerprint density at radius 1 is 0.972 bits per heavy atom. The van der Waals surface area contributed by atoms with E-state index in [2.05, 4.69) is 15.0 Å². The third-order valence-corrected chi connectivity index (χ3v) is 6.65. The highest BCUT2D eigenvalue weighted by Crippen LogP contribution is 2.44. The number of halogens is 2. The lowest BCUT2D eigenvalue weighted by atomic mass is 9.89. The molecule has 0 aliphatic carbocycles. The van der Waals surface area contributed by atoms with Gasteiger partial charge in [-0.2, -0.15) is 0 Å². The van der Waals surface area contributed by atoms with Gasteiger partial charge in [-0.25, -0.2) is 15.0 Å². The summed E-state index contributed by atoms with van der Waals surface area (Å²) in [7, 11) is 1.90.